The summed E-state index contributed by atoms with van der Waals surface area (Å²) in [5.74, 6) is -0.186. The van der Waals surface area contributed by atoms with E-state index in [4.69, 9.17) is 11.5 Å². The lowest BCUT2D eigenvalue weighted by Gasteiger charge is -2.14. The van der Waals surface area contributed by atoms with E-state index in [1.54, 1.807) is 6.07 Å². The van der Waals surface area contributed by atoms with Gasteiger partial charge < -0.3 is 22.1 Å². The molecule has 0 spiro atoms. The number of nitrogens with two attached hydrogens (primary N) is 2. The van der Waals surface area contributed by atoms with Crippen molar-refractivity contribution in [2.24, 2.45) is 11.5 Å². The molecule has 0 aliphatic carbocycles. The summed E-state index contributed by atoms with van der Waals surface area (Å²) >= 11 is 0. The Morgan fingerprint density at radius 2 is 2.11 bits per heavy atom. The predicted molar refractivity (Wildman–Crippen MR) is 70.0 cm³/mol. The molecule has 0 aliphatic heterocycles. The number of urea groups is 1. The molecule has 6 N–H and O–H groups in total. The Balaban J connectivity index is 2.61. The summed E-state index contributed by atoms with van der Waals surface area (Å²) in [6.07, 6.45) is 0.653. The molecule has 6 heteroatoms. The number of carbonyl (C=O) groups is 2. The Hall–Kier alpha value is -2.08. The molecule has 98 valence electrons. The molecule has 1 aromatic rings. The summed E-state index contributed by atoms with van der Waals surface area (Å²) in [5.41, 5.74) is 11.9. The second-order valence-corrected chi connectivity index (χ2v) is 4.07. The maximum atomic E-state index is 11.1. The molecule has 6 nitrogen and oxygen atoms in total. The zero-order valence-corrected chi connectivity index (χ0v) is 10.3. The fraction of sp³-hybridized carbons (Fsp3) is 0.333. The van der Waals surface area contributed by atoms with Gasteiger partial charge in [0.25, 0.3) is 0 Å². The smallest absolute Gasteiger partial charge is 0.316 e. The second-order valence-electron chi connectivity index (χ2n) is 4.07. The minimum Gasteiger partial charge on any atom is -0.352 e. The molecule has 0 radical (unpaired) electrons. The van der Waals surface area contributed by atoms with Gasteiger partial charge in [0.15, 0.2) is 0 Å². The first kappa shape index (κ1) is 14.0. The van der Waals surface area contributed by atoms with Crippen molar-refractivity contribution in [2.45, 2.75) is 19.4 Å². The molecule has 3 amide bonds. The maximum Gasteiger partial charge on any atom is 0.316 e. The number of benzene rings is 1. The van der Waals surface area contributed by atoms with Gasteiger partial charge in [0.1, 0.15) is 0 Å². The molecule has 18 heavy (non-hydrogen) atoms. The van der Waals surface area contributed by atoms with Crippen LogP contribution in [0.5, 0.6) is 0 Å². The largest absolute Gasteiger partial charge is 0.352 e. The van der Waals surface area contributed by atoms with Crippen molar-refractivity contribution in [1.82, 2.24) is 5.32 Å². The van der Waals surface area contributed by atoms with Gasteiger partial charge in [-0.2, -0.15) is 0 Å². The highest BCUT2D eigenvalue weighted by Gasteiger charge is 2.07. The zero-order chi connectivity index (χ0) is 13.5. The van der Waals surface area contributed by atoms with Crippen molar-refractivity contribution in [3.8, 4) is 0 Å². The molecule has 1 aromatic carbocycles. The summed E-state index contributed by atoms with van der Waals surface area (Å²) in [6.45, 7) is 1.87. The van der Waals surface area contributed by atoms with E-state index in [1.807, 2.05) is 25.1 Å². The number of amides is 3. The highest BCUT2D eigenvalue weighted by atomic mass is 16.2. The van der Waals surface area contributed by atoms with Crippen LogP contribution in [0.15, 0.2) is 24.3 Å². The SMILES string of the molecule is CC(Cc1cccc(NC(N)=O)c1)NC(=O)CN. The highest BCUT2D eigenvalue weighted by Crippen LogP contribution is 2.12. The van der Waals surface area contributed by atoms with Crippen LogP contribution in [0.1, 0.15) is 12.5 Å². The first-order chi connectivity index (χ1) is 8.51. The summed E-state index contributed by atoms with van der Waals surface area (Å²) in [7, 11) is 0. The van der Waals surface area contributed by atoms with E-state index >= 15 is 0 Å². The van der Waals surface area contributed by atoms with E-state index in [9.17, 15) is 9.59 Å². The van der Waals surface area contributed by atoms with Crippen molar-refractivity contribution < 1.29 is 9.59 Å². The van der Waals surface area contributed by atoms with E-state index in [0.717, 1.165) is 5.56 Å². The summed E-state index contributed by atoms with van der Waals surface area (Å²) < 4.78 is 0. The fourth-order valence-electron chi connectivity index (χ4n) is 1.66. The molecule has 1 unspecified atom stereocenters. The van der Waals surface area contributed by atoms with Crippen LogP contribution in [0.2, 0.25) is 0 Å². The van der Waals surface area contributed by atoms with Crippen LogP contribution < -0.4 is 22.1 Å². The standard InChI is InChI=1S/C12H18N4O2/c1-8(15-11(17)7-13)5-9-3-2-4-10(6-9)16-12(14)18/h2-4,6,8H,5,7,13H2,1H3,(H,15,17)(H3,14,16,18). The summed E-state index contributed by atoms with van der Waals surface area (Å²) in [6, 6.07) is 6.67. The normalized spacial score (nSPS) is 11.7. The molecule has 0 bridgehead atoms. The number of anilines is 1. The number of nitrogens with one attached hydrogen (secondary N) is 2. The maximum absolute atomic E-state index is 11.1. The Morgan fingerprint density at radius 3 is 2.72 bits per heavy atom. The minimum atomic E-state index is -0.600. The molecule has 0 fully saturated rings. The topological polar surface area (TPSA) is 110 Å². The number of hydrogen-bond donors (Lipinski definition) is 4. The Morgan fingerprint density at radius 1 is 1.39 bits per heavy atom. The monoisotopic (exact) mass is 250 g/mol. The zero-order valence-electron chi connectivity index (χ0n) is 10.3. The van der Waals surface area contributed by atoms with Crippen LogP contribution in [-0.4, -0.2) is 24.5 Å². The third kappa shape index (κ3) is 4.84. The van der Waals surface area contributed by atoms with Crippen molar-refractivity contribution in [2.75, 3.05) is 11.9 Å². The van der Waals surface area contributed by atoms with E-state index < -0.39 is 6.03 Å². The molecule has 1 atom stereocenters. The number of carbonyl (C=O) groups excluding carboxylic acids is 2. The lowest BCUT2D eigenvalue weighted by atomic mass is 10.1. The third-order valence-electron chi connectivity index (χ3n) is 2.33. The lowest BCUT2D eigenvalue weighted by Crippen LogP contribution is -2.38. The average Bonchev–Trinajstić information content (AvgIpc) is 2.28. The van der Waals surface area contributed by atoms with Crippen LogP contribution in [-0.2, 0) is 11.2 Å². The van der Waals surface area contributed by atoms with Gasteiger partial charge in [0.2, 0.25) is 5.91 Å². The molecular formula is C12H18N4O2. The molecule has 0 heterocycles. The Labute approximate surface area is 106 Å². The van der Waals surface area contributed by atoms with Gasteiger partial charge in [-0.25, -0.2) is 4.79 Å². The molecular weight excluding hydrogens is 232 g/mol. The Bertz CT molecular complexity index is 434. The van der Waals surface area contributed by atoms with Gasteiger partial charge in [-0.1, -0.05) is 12.1 Å². The van der Waals surface area contributed by atoms with E-state index in [0.29, 0.717) is 12.1 Å². The van der Waals surface area contributed by atoms with Gasteiger partial charge >= 0.3 is 6.03 Å². The van der Waals surface area contributed by atoms with Gasteiger partial charge in [-0.3, -0.25) is 4.79 Å². The van der Waals surface area contributed by atoms with E-state index in [1.165, 1.54) is 0 Å². The molecule has 0 saturated carbocycles. The van der Waals surface area contributed by atoms with Gasteiger partial charge in [-0.05, 0) is 31.0 Å². The van der Waals surface area contributed by atoms with Gasteiger partial charge in [0.05, 0.1) is 6.54 Å². The third-order valence-corrected chi connectivity index (χ3v) is 2.33. The lowest BCUT2D eigenvalue weighted by molar-refractivity contribution is -0.120. The minimum absolute atomic E-state index is 0.0202. The molecule has 1 rings (SSSR count). The van der Waals surface area contributed by atoms with Crippen molar-refractivity contribution in [3.63, 3.8) is 0 Å². The highest BCUT2D eigenvalue weighted by molar-refractivity contribution is 5.87. The average molecular weight is 250 g/mol. The first-order valence-electron chi connectivity index (χ1n) is 5.66. The number of hydrogen-bond acceptors (Lipinski definition) is 3. The van der Waals surface area contributed by atoms with Crippen LogP contribution in [0.4, 0.5) is 10.5 Å². The Kier molecular flexibility index (Phi) is 5.13. The molecule has 0 aromatic heterocycles. The molecule has 0 aliphatic rings. The quantitative estimate of drug-likeness (QED) is 0.598. The molecule has 0 saturated heterocycles. The fourth-order valence-corrected chi connectivity index (χ4v) is 1.66. The van der Waals surface area contributed by atoms with Gasteiger partial charge in [-0.15, -0.1) is 0 Å². The summed E-state index contributed by atoms with van der Waals surface area (Å²) in [5, 5.41) is 5.26. The summed E-state index contributed by atoms with van der Waals surface area (Å²) in [4.78, 5) is 21.8. The van der Waals surface area contributed by atoms with Crippen LogP contribution >= 0.6 is 0 Å². The van der Waals surface area contributed by atoms with Crippen LogP contribution in [0.25, 0.3) is 0 Å². The van der Waals surface area contributed by atoms with E-state index in [2.05, 4.69) is 10.6 Å². The number of rotatable bonds is 5. The van der Waals surface area contributed by atoms with Gasteiger partial charge in [0, 0.05) is 11.7 Å². The predicted octanol–water partition coefficient (Wildman–Crippen LogP) is 0.183. The van der Waals surface area contributed by atoms with E-state index in [-0.39, 0.29) is 18.5 Å². The van der Waals surface area contributed by atoms with Crippen LogP contribution in [0.3, 0.4) is 0 Å². The second kappa shape index (κ2) is 6.61. The van der Waals surface area contributed by atoms with Crippen molar-refractivity contribution >= 4 is 17.6 Å². The van der Waals surface area contributed by atoms with Crippen LogP contribution in [0, 0.1) is 0 Å². The number of primary amides is 1. The van der Waals surface area contributed by atoms with Crippen molar-refractivity contribution in [1.29, 1.82) is 0 Å². The first-order valence-corrected chi connectivity index (χ1v) is 5.66. The van der Waals surface area contributed by atoms with Crippen molar-refractivity contribution in [3.05, 3.63) is 29.8 Å².